The first-order chi connectivity index (χ1) is 7.34. The van der Waals surface area contributed by atoms with Gasteiger partial charge in [-0.3, -0.25) is 4.90 Å². The molecule has 2 nitrogen and oxygen atoms in total. The van der Waals surface area contributed by atoms with Gasteiger partial charge < -0.3 is 5.73 Å². The monoisotopic (exact) mass is 304 g/mol. The van der Waals surface area contributed by atoms with Crippen LogP contribution in [0.15, 0.2) is 15.2 Å². The van der Waals surface area contributed by atoms with Crippen molar-refractivity contribution in [3.8, 4) is 0 Å². The minimum absolute atomic E-state index is 0.219. The van der Waals surface area contributed by atoms with Crippen LogP contribution in [0.25, 0.3) is 0 Å². The summed E-state index contributed by atoms with van der Waals surface area (Å²) in [5.74, 6) is 0. The van der Waals surface area contributed by atoms with Gasteiger partial charge in [0.1, 0.15) is 0 Å². The summed E-state index contributed by atoms with van der Waals surface area (Å²) in [6, 6.07) is 2.59. The second-order valence-electron chi connectivity index (χ2n) is 5.29. The predicted octanol–water partition coefficient (Wildman–Crippen LogP) is 3.32. The van der Waals surface area contributed by atoms with E-state index in [9.17, 15) is 0 Å². The van der Waals surface area contributed by atoms with Crippen molar-refractivity contribution in [2.75, 3.05) is 13.6 Å². The van der Waals surface area contributed by atoms with E-state index in [2.05, 4.69) is 60.1 Å². The summed E-state index contributed by atoms with van der Waals surface area (Å²) in [5, 5.41) is 2.19. The highest BCUT2D eigenvalue weighted by Gasteiger charge is 2.26. The van der Waals surface area contributed by atoms with Crippen molar-refractivity contribution < 1.29 is 0 Å². The smallest absolute Gasteiger partial charge is 0.0701 e. The lowest BCUT2D eigenvalue weighted by molar-refractivity contribution is 0.126. The zero-order valence-corrected chi connectivity index (χ0v) is 12.9. The van der Waals surface area contributed by atoms with E-state index in [0.717, 1.165) is 6.54 Å². The lowest BCUT2D eigenvalue weighted by Crippen LogP contribution is -2.46. The second kappa shape index (κ2) is 5.63. The van der Waals surface area contributed by atoms with Gasteiger partial charge in [0.05, 0.1) is 3.79 Å². The number of halogens is 1. The molecule has 1 unspecified atom stereocenters. The van der Waals surface area contributed by atoms with Gasteiger partial charge >= 0.3 is 0 Å². The maximum atomic E-state index is 5.87. The second-order valence-corrected chi connectivity index (χ2v) is 7.58. The van der Waals surface area contributed by atoms with Gasteiger partial charge in [-0.05, 0) is 45.4 Å². The van der Waals surface area contributed by atoms with Gasteiger partial charge in [0.2, 0.25) is 0 Å². The Labute approximate surface area is 111 Å². The number of likely N-dealkylation sites (N-methyl/N-ethyl adjacent to an activating group) is 1. The zero-order valence-electron chi connectivity index (χ0n) is 10.5. The largest absolute Gasteiger partial charge is 0.329 e. The normalized spacial score (nSPS) is 14.4. The number of rotatable bonds is 4. The summed E-state index contributed by atoms with van der Waals surface area (Å²) in [4.78, 5) is 2.34. The van der Waals surface area contributed by atoms with Gasteiger partial charge in [0.15, 0.2) is 0 Å². The van der Waals surface area contributed by atoms with E-state index < -0.39 is 0 Å². The number of nitrogens with zero attached hydrogens (tertiary/aromatic N) is 1. The van der Waals surface area contributed by atoms with Crippen molar-refractivity contribution in [1.82, 2.24) is 4.90 Å². The molecule has 0 saturated heterocycles. The summed E-state index contributed by atoms with van der Waals surface area (Å²) < 4.78 is 1.19. The van der Waals surface area contributed by atoms with Crippen LogP contribution >= 0.6 is 27.3 Å². The van der Waals surface area contributed by atoms with Crippen molar-refractivity contribution in [2.24, 2.45) is 11.1 Å². The van der Waals surface area contributed by atoms with E-state index in [1.54, 1.807) is 11.3 Å². The molecule has 1 atom stereocenters. The Morgan fingerprint density at radius 2 is 2.12 bits per heavy atom. The third-order valence-corrected chi connectivity index (χ3v) is 4.36. The van der Waals surface area contributed by atoms with Crippen molar-refractivity contribution >= 4 is 27.3 Å². The number of nitrogens with two attached hydrogens (primary N) is 1. The third-order valence-electron chi connectivity index (χ3n) is 2.81. The standard InChI is InChI=1S/C12H21BrN2S/c1-12(2,3)10(6-14)15(4)7-9-5-11(13)16-8-9/h5,8,10H,6-7,14H2,1-4H3. The average Bonchev–Trinajstić information content (AvgIpc) is 2.49. The molecule has 2 N–H and O–H groups in total. The maximum absolute atomic E-state index is 5.87. The van der Waals surface area contributed by atoms with Crippen LogP contribution in [0.5, 0.6) is 0 Å². The van der Waals surface area contributed by atoms with Crippen molar-refractivity contribution in [1.29, 1.82) is 0 Å². The molecule has 1 heterocycles. The first kappa shape index (κ1) is 14.2. The van der Waals surface area contributed by atoms with Crippen molar-refractivity contribution in [2.45, 2.75) is 33.4 Å². The molecule has 0 aliphatic carbocycles. The third kappa shape index (κ3) is 3.84. The van der Waals surface area contributed by atoms with E-state index >= 15 is 0 Å². The van der Waals surface area contributed by atoms with Gasteiger partial charge in [0.25, 0.3) is 0 Å². The molecule has 0 radical (unpaired) electrons. The Hall–Kier alpha value is 0.1000. The topological polar surface area (TPSA) is 29.3 Å². The molecule has 0 amide bonds. The molecule has 4 heteroatoms. The van der Waals surface area contributed by atoms with Crippen LogP contribution in [0.2, 0.25) is 0 Å². The van der Waals surface area contributed by atoms with E-state index in [0.29, 0.717) is 12.6 Å². The number of thiophene rings is 1. The molecule has 0 bridgehead atoms. The summed E-state index contributed by atoms with van der Waals surface area (Å²) in [6.07, 6.45) is 0. The van der Waals surface area contributed by atoms with E-state index in [4.69, 9.17) is 5.73 Å². The lowest BCUT2D eigenvalue weighted by Gasteiger charge is -2.37. The fraction of sp³-hybridized carbons (Fsp3) is 0.667. The summed E-state index contributed by atoms with van der Waals surface area (Å²) in [7, 11) is 2.15. The molecule has 92 valence electrons. The van der Waals surface area contributed by atoms with E-state index in [1.165, 1.54) is 9.35 Å². The van der Waals surface area contributed by atoms with Crippen molar-refractivity contribution in [3.05, 3.63) is 20.8 Å². The molecule has 1 aromatic rings. The molecule has 0 aliphatic heterocycles. The fourth-order valence-electron chi connectivity index (χ4n) is 2.02. The van der Waals surface area contributed by atoms with Gasteiger partial charge in [-0.15, -0.1) is 11.3 Å². The summed E-state index contributed by atoms with van der Waals surface area (Å²) >= 11 is 5.22. The van der Waals surface area contributed by atoms with Crippen molar-refractivity contribution in [3.63, 3.8) is 0 Å². The predicted molar refractivity (Wildman–Crippen MR) is 75.8 cm³/mol. The van der Waals surface area contributed by atoms with Crippen LogP contribution < -0.4 is 5.73 Å². The van der Waals surface area contributed by atoms with Crippen LogP contribution in [0.4, 0.5) is 0 Å². The molecule has 0 aromatic carbocycles. The lowest BCUT2D eigenvalue weighted by atomic mass is 9.86. The molecule has 0 saturated carbocycles. The Morgan fingerprint density at radius 3 is 2.50 bits per heavy atom. The Kier molecular flexibility index (Phi) is 4.98. The van der Waals surface area contributed by atoms with Crippen LogP contribution in [0.1, 0.15) is 26.3 Å². The Bertz CT molecular complexity index is 330. The quantitative estimate of drug-likeness (QED) is 0.924. The first-order valence-corrected chi connectivity index (χ1v) is 7.15. The highest BCUT2D eigenvalue weighted by atomic mass is 79.9. The van der Waals surface area contributed by atoms with E-state index in [1.807, 2.05) is 0 Å². The molecule has 16 heavy (non-hydrogen) atoms. The Balaban J connectivity index is 2.66. The fourth-order valence-corrected chi connectivity index (χ4v) is 3.22. The number of hydrogen-bond donors (Lipinski definition) is 1. The number of hydrogen-bond acceptors (Lipinski definition) is 3. The summed E-state index contributed by atoms with van der Waals surface area (Å²) in [5.41, 5.74) is 7.44. The van der Waals surface area contributed by atoms with Gasteiger partial charge in [0, 0.05) is 19.1 Å². The van der Waals surface area contributed by atoms with Crippen LogP contribution in [0, 0.1) is 5.41 Å². The van der Waals surface area contributed by atoms with Gasteiger partial charge in [-0.25, -0.2) is 0 Å². The van der Waals surface area contributed by atoms with Crippen LogP contribution in [0.3, 0.4) is 0 Å². The van der Waals surface area contributed by atoms with Crippen LogP contribution in [-0.2, 0) is 6.54 Å². The van der Waals surface area contributed by atoms with Crippen LogP contribution in [-0.4, -0.2) is 24.5 Å². The zero-order chi connectivity index (χ0) is 12.3. The Morgan fingerprint density at radius 1 is 1.50 bits per heavy atom. The minimum atomic E-state index is 0.219. The average molecular weight is 305 g/mol. The van der Waals surface area contributed by atoms with Gasteiger partial charge in [-0.1, -0.05) is 20.8 Å². The maximum Gasteiger partial charge on any atom is 0.0701 e. The molecular weight excluding hydrogens is 284 g/mol. The molecule has 1 rings (SSSR count). The molecule has 0 spiro atoms. The molecule has 0 aliphatic rings. The molecule has 0 fully saturated rings. The van der Waals surface area contributed by atoms with Gasteiger partial charge in [-0.2, -0.15) is 0 Å². The molecular formula is C12H21BrN2S. The molecule has 1 aromatic heterocycles. The highest BCUT2D eigenvalue weighted by Crippen LogP contribution is 2.26. The summed E-state index contributed by atoms with van der Waals surface area (Å²) in [6.45, 7) is 8.38. The minimum Gasteiger partial charge on any atom is -0.329 e. The first-order valence-electron chi connectivity index (χ1n) is 5.48. The SMILES string of the molecule is CN(Cc1csc(Br)c1)C(CN)C(C)(C)C. The van der Waals surface area contributed by atoms with E-state index in [-0.39, 0.29) is 5.41 Å². The highest BCUT2D eigenvalue weighted by molar-refractivity contribution is 9.11.